The van der Waals surface area contributed by atoms with Crippen molar-refractivity contribution < 1.29 is 0 Å². The Morgan fingerprint density at radius 3 is 2.56 bits per heavy atom. The van der Waals surface area contributed by atoms with Gasteiger partial charge in [-0.05, 0) is 48.8 Å². The molecular formula is C14H20ClN. The highest BCUT2D eigenvalue weighted by Crippen LogP contribution is 2.32. The summed E-state index contributed by atoms with van der Waals surface area (Å²) in [7, 11) is 0. The first-order chi connectivity index (χ1) is 7.65. The van der Waals surface area contributed by atoms with Crippen LogP contribution < -0.4 is 5.73 Å². The molecule has 1 aromatic rings. The number of benzene rings is 1. The lowest BCUT2D eigenvalue weighted by Gasteiger charge is -2.19. The second kappa shape index (κ2) is 5.20. The number of hydrogen-bond donors (Lipinski definition) is 1. The monoisotopic (exact) mass is 237 g/mol. The summed E-state index contributed by atoms with van der Waals surface area (Å²) in [6.45, 7) is 2.33. The molecule has 2 rings (SSSR count). The summed E-state index contributed by atoms with van der Waals surface area (Å²) in [5.74, 6) is 1.58. The lowest BCUT2D eigenvalue weighted by atomic mass is 9.92. The minimum atomic E-state index is 0.311. The van der Waals surface area contributed by atoms with Crippen LogP contribution in [0.3, 0.4) is 0 Å². The molecule has 0 amide bonds. The zero-order chi connectivity index (χ0) is 11.5. The van der Waals surface area contributed by atoms with Crippen molar-refractivity contribution in [1.29, 1.82) is 0 Å². The summed E-state index contributed by atoms with van der Waals surface area (Å²) in [4.78, 5) is 0. The first-order valence-electron chi connectivity index (χ1n) is 6.15. The van der Waals surface area contributed by atoms with Crippen LogP contribution in [0.1, 0.15) is 31.7 Å². The molecule has 2 N–H and O–H groups in total. The third-order valence-corrected chi connectivity index (χ3v) is 3.98. The van der Waals surface area contributed by atoms with E-state index in [2.05, 4.69) is 19.1 Å². The quantitative estimate of drug-likeness (QED) is 0.854. The van der Waals surface area contributed by atoms with E-state index in [0.717, 1.165) is 17.4 Å². The van der Waals surface area contributed by atoms with Crippen molar-refractivity contribution in [3.8, 4) is 0 Å². The molecule has 0 spiro atoms. The van der Waals surface area contributed by atoms with Crippen molar-refractivity contribution in [1.82, 2.24) is 0 Å². The Hall–Kier alpha value is -0.530. The summed E-state index contributed by atoms with van der Waals surface area (Å²) < 4.78 is 0. The molecule has 1 aromatic carbocycles. The Labute approximate surface area is 103 Å². The maximum Gasteiger partial charge on any atom is 0.0406 e. The van der Waals surface area contributed by atoms with E-state index in [9.17, 15) is 0 Å². The highest BCUT2D eigenvalue weighted by atomic mass is 35.5. The standard InChI is InChI=1S/C14H20ClN/c1-10-2-5-12(8-10)14(16)9-11-3-6-13(15)7-4-11/h3-4,6-7,10,12,14H,2,5,8-9,16H2,1H3. The van der Waals surface area contributed by atoms with Crippen LogP contribution in [0, 0.1) is 11.8 Å². The summed E-state index contributed by atoms with van der Waals surface area (Å²) in [6, 6.07) is 8.37. The van der Waals surface area contributed by atoms with Crippen LogP contribution in [0.2, 0.25) is 5.02 Å². The van der Waals surface area contributed by atoms with Crippen molar-refractivity contribution in [3.05, 3.63) is 34.9 Å². The van der Waals surface area contributed by atoms with Crippen molar-refractivity contribution in [3.63, 3.8) is 0 Å². The summed E-state index contributed by atoms with van der Waals surface area (Å²) in [5, 5.41) is 0.798. The maximum atomic E-state index is 6.28. The molecule has 0 aliphatic heterocycles. The molecule has 0 heterocycles. The maximum absolute atomic E-state index is 6.28. The molecule has 1 nitrogen and oxygen atoms in total. The van der Waals surface area contributed by atoms with E-state index in [1.54, 1.807) is 0 Å². The molecule has 0 saturated heterocycles. The zero-order valence-corrected chi connectivity index (χ0v) is 10.6. The average Bonchev–Trinajstić information content (AvgIpc) is 2.68. The van der Waals surface area contributed by atoms with Crippen molar-refractivity contribution in [2.75, 3.05) is 0 Å². The predicted molar refractivity (Wildman–Crippen MR) is 69.6 cm³/mol. The summed E-state index contributed by atoms with van der Waals surface area (Å²) in [5.41, 5.74) is 7.58. The van der Waals surface area contributed by atoms with Crippen molar-refractivity contribution >= 4 is 11.6 Å². The SMILES string of the molecule is CC1CCC(C(N)Cc2ccc(Cl)cc2)C1. The molecule has 1 aliphatic rings. The van der Waals surface area contributed by atoms with Gasteiger partial charge in [0.25, 0.3) is 0 Å². The first kappa shape index (κ1) is 11.9. The van der Waals surface area contributed by atoms with Gasteiger partial charge in [-0.3, -0.25) is 0 Å². The van der Waals surface area contributed by atoms with Gasteiger partial charge in [-0.15, -0.1) is 0 Å². The average molecular weight is 238 g/mol. The second-order valence-electron chi connectivity index (χ2n) is 5.17. The van der Waals surface area contributed by atoms with E-state index in [-0.39, 0.29) is 0 Å². The van der Waals surface area contributed by atoms with Crippen LogP contribution in [0.25, 0.3) is 0 Å². The normalized spacial score (nSPS) is 26.9. The Kier molecular flexibility index (Phi) is 3.88. The largest absolute Gasteiger partial charge is 0.327 e. The fraction of sp³-hybridized carbons (Fsp3) is 0.571. The van der Waals surface area contributed by atoms with Crippen LogP contribution >= 0.6 is 11.6 Å². The van der Waals surface area contributed by atoms with Gasteiger partial charge in [-0.2, -0.15) is 0 Å². The summed E-state index contributed by atoms with van der Waals surface area (Å²) in [6.07, 6.45) is 4.93. The Bertz CT molecular complexity index is 333. The molecular weight excluding hydrogens is 218 g/mol. The van der Waals surface area contributed by atoms with Gasteiger partial charge in [0.1, 0.15) is 0 Å². The molecule has 1 fully saturated rings. The van der Waals surface area contributed by atoms with E-state index in [1.807, 2.05) is 12.1 Å². The molecule has 1 aliphatic carbocycles. The molecule has 0 radical (unpaired) electrons. The van der Waals surface area contributed by atoms with Crippen molar-refractivity contribution in [2.24, 2.45) is 17.6 Å². The number of hydrogen-bond acceptors (Lipinski definition) is 1. The van der Waals surface area contributed by atoms with Crippen molar-refractivity contribution in [2.45, 2.75) is 38.6 Å². The molecule has 3 unspecified atom stereocenters. The van der Waals surface area contributed by atoms with E-state index >= 15 is 0 Å². The van der Waals surface area contributed by atoms with Crippen LogP contribution in [0.5, 0.6) is 0 Å². The second-order valence-corrected chi connectivity index (χ2v) is 5.61. The number of rotatable bonds is 3. The van der Waals surface area contributed by atoms with Gasteiger partial charge in [0, 0.05) is 11.1 Å². The third-order valence-electron chi connectivity index (χ3n) is 3.73. The lowest BCUT2D eigenvalue weighted by molar-refractivity contribution is 0.415. The topological polar surface area (TPSA) is 26.0 Å². The van der Waals surface area contributed by atoms with Crippen LogP contribution in [0.15, 0.2) is 24.3 Å². The molecule has 0 bridgehead atoms. The van der Waals surface area contributed by atoms with Gasteiger partial charge in [0.15, 0.2) is 0 Å². The summed E-state index contributed by atoms with van der Waals surface area (Å²) >= 11 is 5.86. The molecule has 1 saturated carbocycles. The highest BCUT2D eigenvalue weighted by Gasteiger charge is 2.26. The van der Waals surface area contributed by atoms with Crippen LogP contribution in [-0.2, 0) is 6.42 Å². The first-order valence-corrected chi connectivity index (χ1v) is 6.53. The molecule has 2 heteroatoms. The lowest BCUT2D eigenvalue weighted by Crippen LogP contribution is -2.30. The molecule has 0 aromatic heterocycles. The fourth-order valence-corrected chi connectivity index (χ4v) is 2.83. The van der Waals surface area contributed by atoms with Gasteiger partial charge in [0.2, 0.25) is 0 Å². The minimum absolute atomic E-state index is 0.311. The minimum Gasteiger partial charge on any atom is -0.327 e. The van der Waals surface area contributed by atoms with Gasteiger partial charge < -0.3 is 5.73 Å². The van der Waals surface area contributed by atoms with Gasteiger partial charge in [-0.25, -0.2) is 0 Å². The Morgan fingerprint density at radius 1 is 1.31 bits per heavy atom. The van der Waals surface area contributed by atoms with E-state index < -0.39 is 0 Å². The van der Waals surface area contributed by atoms with E-state index in [1.165, 1.54) is 24.8 Å². The van der Waals surface area contributed by atoms with Crippen LogP contribution in [-0.4, -0.2) is 6.04 Å². The van der Waals surface area contributed by atoms with Gasteiger partial charge in [-0.1, -0.05) is 37.1 Å². The van der Waals surface area contributed by atoms with Gasteiger partial charge in [0.05, 0.1) is 0 Å². The van der Waals surface area contributed by atoms with E-state index in [0.29, 0.717) is 12.0 Å². The van der Waals surface area contributed by atoms with Crippen LogP contribution in [0.4, 0.5) is 0 Å². The predicted octanol–water partition coefficient (Wildman–Crippen LogP) is 3.65. The molecule has 88 valence electrons. The smallest absolute Gasteiger partial charge is 0.0406 e. The highest BCUT2D eigenvalue weighted by molar-refractivity contribution is 6.30. The molecule has 3 atom stereocenters. The fourth-order valence-electron chi connectivity index (χ4n) is 2.70. The van der Waals surface area contributed by atoms with E-state index in [4.69, 9.17) is 17.3 Å². The third kappa shape index (κ3) is 2.99. The van der Waals surface area contributed by atoms with Gasteiger partial charge >= 0.3 is 0 Å². The number of halogens is 1. The zero-order valence-electron chi connectivity index (χ0n) is 9.83. The Balaban J connectivity index is 1.91. The molecule has 16 heavy (non-hydrogen) atoms. The number of nitrogens with two attached hydrogens (primary N) is 1. The Morgan fingerprint density at radius 2 is 2.00 bits per heavy atom.